The number of rotatable bonds is 7. The van der Waals surface area contributed by atoms with Crippen LogP contribution in [0, 0.1) is 19.8 Å². The molecule has 0 amide bonds. The highest BCUT2D eigenvalue weighted by Crippen LogP contribution is 2.29. The van der Waals surface area contributed by atoms with Crippen molar-refractivity contribution in [3.05, 3.63) is 28.8 Å². The summed E-state index contributed by atoms with van der Waals surface area (Å²) < 4.78 is 10.3. The second kappa shape index (κ2) is 8.03. The van der Waals surface area contributed by atoms with Gasteiger partial charge in [0.05, 0.1) is 13.7 Å². The van der Waals surface area contributed by atoms with Crippen LogP contribution in [-0.2, 0) is 9.53 Å². The van der Waals surface area contributed by atoms with Gasteiger partial charge in [-0.1, -0.05) is 19.1 Å². The van der Waals surface area contributed by atoms with Gasteiger partial charge in [-0.3, -0.25) is 4.79 Å². The number of hydrogen-bond donors (Lipinski definition) is 1. The molecule has 0 aromatic heterocycles. The monoisotopic (exact) mass is 293 g/mol. The van der Waals surface area contributed by atoms with Crippen molar-refractivity contribution >= 4 is 5.97 Å². The number of nitrogens with two attached hydrogens (primary N) is 1. The van der Waals surface area contributed by atoms with Gasteiger partial charge in [-0.2, -0.15) is 0 Å². The molecule has 4 heteroatoms. The van der Waals surface area contributed by atoms with Gasteiger partial charge in [-0.15, -0.1) is 0 Å². The number of benzene rings is 1. The minimum Gasteiger partial charge on any atom is -0.496 e. The van der Waals surface area contributed by atoms with E-state index in [0.29, 0.717) is 13.0 Å². The van der Waals surface area contributed by atoms with E-state index < -0.39 is 0 Å². The Kier molecular flexibility index (Phi) is 6.69. The molecule has 0 radical (unpaired) electrons. The van der Waals surface area contributed by atoms with E-state index in [1.165, 1.54) is 0 Å². The molecule has 2 unspecified atom stereocenters. The van der Waals surface area contributed by atoms with Crippen molar-refractivity contribution in [2.75, 3.05) is 13.7 Å². The summed E-state index contributed by atoms with van der Waals surface area (Å²) in [6.45, 7) is 8.31. The Morgan fingerprint density at radius 2 is 1.86 bits per heavy atom. The fourth-order valence-corrected chi connectivity index (χ4v) is 2.68. The van der Waals surface area contributed by atoms with Crippen molar-refractivity contribution in [3.8, 4) is 5.75 Å². The van der Waals surface area contributed by atoms with E-state index in [1.54, 1.807) is 7.11 Å². The molecule has 21 heavy (non-hydrogen) atoms. The van der Waals surface area contributed by atoms with Crippen molar-refractivity contribution in [1.29, 1.82) is 0 Å². The lowest BCUT2D eigenvalue weighted by Crippen LogP contribution is -2.17. The Balaban J connectivity index is 2.71. The Labute approximate surface area is 127 Å². The van der Waals surface area contributed by atoms with Crippen molar-refractivity contribution in [2.24, 2.45) is 11.7 Å². The van der Waals surface area contributed by atoms with Crippen LogP contribution in [0.4, 0.5) is 0 Å². The molecule has 118 valence electrons. The van der Waals surface area contributed by atoms with Gasteiger partial charge in [0.2, 0.25) is 0 Å². The molecule has 1 aromatic carbocycles. The van der Waals surface area contributed by atoms with E-state index in [9.17, 15) is 4.79 Å². The van der Waals surface area contributed by atoms with Crippen molar-refractivity contribution < 1.29 is 14.3 Å². The highest BCUT2D eigenvalue weighted by atomic mass is 16.5. The highest BCUT2D eigenvalue weighted by molar-refractivity contribution is 5.69. The van der Waals surface area contributed by atoms with Gasteiger partial charge in [-0.05, 0) is 49.8 Å². The first-order valence-corrected chi connectivity index (χ1v) is 7.45. The fourth-order valence-electron chi connectivity index (χ4n) is 2.68. The molecular weight excluding hydrogens is 266 g/mol. The van der Waals surface area contributed by atoms with Crippen molar-refractivity contribution in [2.45, 2.75) is 46.6 Å². The Morgan fingerprint density at radius 1 is 1.29 bits per heavy atom. The lowest BCUT2D eigenvalue weighted by molar-refractivity contribution is -0.144. The first-order valence-electron chi connectivity index (χ1n) is 7.45. The third kappa shape index (κ3) is 5.05. The van der Waals surface area contributed by atoms with Gasteiger partial charge in [0.25, 0.3) is 0 Å². The van der Waals surface area contributed by atoms with Crippen LogP contribution in [-0.4, -0.2) is 19.7 Å². The molecule has 2 N–H and O–H groups in total. The van der Waals surface area contributed by atoms with Gasteiger partial charge in [-0.25, -0.2) is 0 Å². The number of carbonyl (C=O) groups is 1. The van der Waals surface area contributed by atoms with Gasteiger partial charge in [0.15, 0.2) is 0 Å². The number of ether oxygens (including phenoxy) is 2. The largest absolute Gasteiger partial charge is 0.496 e. The summed E-state index contributed by atoms with van der Waals surface area (Å²) in [5.41, 5.74) is 9.54. The van der Waals surface area contributed by atoms with Crippen LogP contribution < -0.4 is 10.5 Å². The van der Waals surface area contributed by atoms with Crippen LogP contribution in [0.2, 0.25) is 0 Å². The van der Waals surface area contributed by atoms with Crippen LogP contribution >= 0.6 is 0 Å². The summed E-state index contributed by atoms with van der Waals surface area (Å²) in [4.78, 5) is 11.5. The summed E-state index contributed by atoms with van der Waals surface area (Å²) in [5, 5.41) is 0. The topological polar surface area (TPSA) is 61.5 Å². The molecular formula is C17H27NO3. The average molecular weight is 293 g/mol. The molecule has 0 heterocycles. The zero-order chi connectivity index (χ0) is 16.0. The second-order valence-corrected chi connectivity index (χ2v) is 5.64. The molecule has 4 nitrogen and oxygen atoms in total. The van der Waals surface area contributed by atoms with Gasteiger partial charge < -0.3 is 15.2 Å². The number of methoxy groups -OCH3 is 1. The maximum absolute atomic E-state index is 11.5. The summed E-state index contributed by atoms with van der Waals surface area (Å²) in [6.07, 6.45) is 1.17. The number of esters is 1. The van der Waals surface area contributed by atoms with E-state index in [0.717, 1.165) is 28.9 Å². The Hall–Kier alpha value is -1.55. The minimum atomic E-state index is -0.153. The molecule has 2 atom stereocenters. The maximum Gasteiger partial charge on any atom is 0.306 e. The second-order valence-electron chi connectivity index (χ2n) is 5.64. The van der Waals surface area contributed by atoms with Gasteiger partial charge in [0.1, 0.15) is 5.75 Å². The third-order valence-electron chi connectivity index (χ3n) is 3.59. The molecule has 0 bridgehead atoms. The Morgan fingerprint density at radius 3 is 2.33 bits per heavy atom. The van der Waals surface area contributed by atoms with Crippen LogP contribution in [0.15, 0.2) is 12.1 Å². The summed E-state index contributed by atoms with van der Waals surface area (Å²) in [5.74, 6) is 0.951. The van der Waals surface area contributed by atoms with E-state index in [2.05, 4.69) is 12.1 Å². The standard InChI is InChI=1S/C17H27NO3/c1-6-21-16(19)8-11(2)7-15(18)14-9-12(3)17(20-5)13(4)10-14/h9-11,15H,6-8,18H2,1-5H3. The normalized spacial score (nSPS) is 13.6. The SMILES string of the molecule is CCOC(=O)CC(C)CC(N)c1cc(C)c(OC)c(C)c1. The van der Waals surface area contributed by atoms with E-state index >= 15 is 0 Å². The first-order chi connectivity index (χ1) is 9.88. The quantitative estimate of drug-likeness (QED) is 0.784. The molecule has 0 aliphatic rings. The third-order valence-corrected chi connectivity index (χ3v) is 3.59. The molecule has 0 spiro atoms. The predicted octanol–water partition coefficient (Wildman–Crippen LogP) is 3.29. The maximum atomic E-state index is 11.5. The summed E-state index contributed by atoms with van der Waals surface area (Å²) >= 11 is 0. The molecule has 1 aromatic rings. The zero-order valence-corrected chi connectivity index (χ0v) is 13.7. The van der Waals surface area contributed by atoms with E-state index in [4.69, 9.17) is 15.2 Å². The van der Waals surface area contributed by atoms with Crippen LogP contribution in [0.5, 0.6) is 5.75 Å². The molecule has 0 fully saturated rings. The van der Waals surface area contributed by atoms with Crippen LogP contribution in [0.25, 0.3) is 0 Å². The van der Waals surface area contributed by atoms with Crippen molar-refractivity contribution in [1.82, 2.24) is 0 Å². The number of aryl methyl sites for hydroxylation is 2. The molecule has 0 aliphatic carbocycles. The molecule has 0 aliphatic heterocycles. The summed E-state index contributed by atoms with van der Waals surface area (Å²) in [6, 6.07) is 4.04. The van der Waals surface area contributed by atoms with Gasteiger partial charge >= 0.3 is 5.97 Å². The number of hydrogen-bond acceptors (Lipinski definition) is 4. The minimum absolute atomic E-state index is 0.0854. The molecule has 0 saturated heterocycles. The fraction of sp³-hybridized carbons (Fsp3) is 0.588. The molecule has 0 saturated carbocycles. The zero-order valence-electron chi connectivity index (χ0n) is 13.7. The Bertz CT molecular complexity index is 462. The van der Waals surface area contributed by atoms with Crippen LogP contribution in [0.1, 0.15) is 49.4 Å². The first kappa shape index (κ1) is 17.5. The highest BCUT2D eigenvalue weighted by Gasteiger charge is 2.16. The lowest BCUT2D eigenvalue weighted by atomic mass is 9.92. The predicted molar refractivity (Wildman–Crippen MR) is 84.4 cm³/mol. The van der Waals surface area contributed by atoms with E-state index in [-0.39, 0.29) is 17.9 Å². The summed E-state index contributed by atoms with van der Waals surface area (Å²) in [7, 11) is 1.68. The van der Waals surface area contributed by atoms with Gasteiger partial charge in [0, 0.05) is 12.5 Å². The molecule has 1 rings (SSSR count). The van der Waals surface area contributed by atoms with E-state index in [1.807, 2.05) is 27.7 Å². The number of carbonyl (C=O) groups excluding carboxylic acids is 1. The average Bonchev–Trinajstić information content (AvgIpc) is 2.38. The van der Waals surface area contributed by atoms with Crippen molar-refractivity contribution in [3.63, 3.8) is 0 Å². The lowest BCUT2D eigenvalue weighted by Gasteiger charge is -2.19. The smallest absolute Gasteiger partial charge is 0.306 e. The van der Waals surface area contributed by atoms with Crippen LogP contribution in [0.3, 0.4) is 0 Å².